The average Bonchev–Trinajstić information content (AvgIpc) is 3.13. The minimum atomic E-state index is -0.314. The number of guanidine groups is 1. The van der Waals surface area contributed by atoms with Crippen LogP contribution in [-0.4, -0.2) is 61.9 Å². The van der Waals surface area contributed by atoms with Crippen molar-refractivity contribution in [3.05, 3.63) is 35.6 Å². The summed E-state index contributed by atoms with van der Waals surface area (Å²) in [5.41, 5.74) is 0.770. The lowest BCUT2D eigenvalue weighted by atomic mass is 10.1. The third-order valence-electron chi connectivity index (χ3n) is 4.58. The van der Waals surface area contributed by atoms with Gasteiger partial charge in [-0.3, -0.25) is 14.6 Å². The standard InChI is InChI=1S/C20H30FN5O2.HI/c1-14(2)19(28)26-11-8-17(13-26)25-20(22-3)24-10-9-23-18(27)12-15-4-6-16(21)7-5-15;/h4-7,14,17H,8-13H2,1-3H3,(H,23,27)(H2,22,24,25);1H. The monoisotopic (exact) mass is 519 g/mol. The van der Waals surface area contributed by atoms with E-state index in [1.54, 1.807) is 19.2 Å². The third kappa shape index (κ3) is 8.55. The number of aliphatic imine (C=N–C) groups is 1. The van der Waals surface area contributed by atoms with Crippen LogP contribution in [0.2, 0.25) is 0 Å². The number of likely N-dealkylation sites (tertiary alicyclic amines) is 1. The summed E-state index contributed by atoms with van der Waals surface area (Å²) in [6, 6.07) is 6.07. The number of halogens is 2. The molecular formula is C20H31FIN5O2. The second kappa shape index (κ2) is 12.6. The summed E-state index contributed by atoms with van der Waals surface area (Å²) in [6.07, 6.45) is 1.10. The number of carbonyl (C=O) groups is 2. The summed E-state index contributed by atoms with van der Waals surface area (Å²) in [7, 11) is 1.69. The Kier molecular flexibility index (Phi) is 10.9. The highest BCUT2D eigenvalue weighted by Crippen LogP contribution is 2.12. The minimum Gasteiger partial charge on any atom is -0.355 e. The van der Waals surface area contributed by atoms with Crippen LogP contribution >= 0.6 is 24.0 Å². The number of nitrogens with one attached hydrogen (secondary N) is 3. The van der Waals surface area contributed by atoms with Crippen molar-refractivity contribution in [2.75, 3.05) is 33.2 Å². The van der Waals surface area contributed by atoms with Gasteiger partial charge in [-0.15, -0.1) is 24.0 Å². The Labute approximate surface area is 188 Å². The van der Waals surface area contributed by atoms with E-state index in [2.05, 4.69) is 20.9 Å². The zero-order valence-corrected chi connectivity index (χ0v) is 19.5. The van der Waals surface area contributed by atoms with Gasteiger partial charge in [0.15, 0.2) is 5.96 Å². The molecule has 0 saturated carbocycles. The van der Waals surface area contributed by atoms with Crippen molar-refractivity contribution in [3.63, 3.8) is 0 Å². The average molecular weight is 519 g/mol. The van der Waals surface area contributed by atoms with E-state index in [1.807, 2.05) is 18.7 Å². The molecule has 1 fully saturated rings. The van der Waals surface area contributed by atoms with Crippen LogP contribution in [0.5, 0.6) is 0 Å². The van der Waals surface area contributed by atoms with Gasteiger partial charge in [0.05, 0.1) is 6.42 Å². The lowest BCUT2D eigenvalue weighted by molar-refractivity contribution is -0.133. The molecule has 3 N–H and O–H groups in total. The summed E-state index contributed by atoms with van der Waals surface area (Å²) in [5.74, 6) is 0.406. The van der Waals surface area contributed by atoms with E-state index in [1.165, 1.54) is 12.1 Å². The fourth-order valence-electron chi connectivity index (χ4n) is 3.06. The first-order chi connectivity index (χ1) is 13.4. The molecule has 0 aromatic heterocycles. The Morgan fingerprint density at radius 2 is 1.86 bits per heavy atom. The molecule has 162 valence electrons. The molecule has 1 aliphatic rings. The molecule has 1 aromatic rings. The normalized spacial score (nSPS) is 16.4. The van der Waals surface area contributed by atoms with Crippen molar-refractivity contribution in [3.8, 4) is 0 Å². The van der Waals surface area contributed by atoms with Gasteiger partial charge in [-0.1, -0.05) is 26.0 Å². The lowest BCUT2D eigenvalue weighted by Crippen LogP contribution is -2.47. The van der Waals surface area contributed by atoms with Gasteiger partial charge in [0.25, 0.3) is 0 Å². The summed E-state index contributed by atoms with van der Waals surface area (Å²) in [6.45, 7) is 6.22. The summed E-state index contributed by atoms with van der Waals surface area (Å²) >= 11 is 0. The SMILES string of the molecule is CN=C(NCCNC(=O)Cc1ccc(F)cc1)NC1CCN(C(=O)C(C)C)C1.I. The first kappa shape index (κ1) is 25.1. The third-order valence-corrected chi connectivity index (χ3v) is 4.58. The minimum absolute atomic E-state index is 0. The molecule has 29 heavy (non-hydrogen) atoms. The largest absolute Gasteiger partial charge is 0.355 e. The molecule has 0 spiro atoms. The second-order valence-electron chi connectivity index (χ2n) is 7.22. The Bertz CT molecular complexity index is 697. The number of rotatable bonds is 7. The Balaban J connectivity index is 0.00000420. The number of hydrogen-bond donors (Lipinski definition) is 3. The number of hydrogen-bond acceptors (Lipinski definition) is 3. The summed E-state index contributed by atoms with van der Waals surface area (Å²) < 4.78 is 12.9. The van der Waals surface area contributed by atoms with E-state index < -0.39 is 0 Å². The van der Waals surface area contributed by atoms with Crippen LogP contribution in [0.1, 0.15) is 25.8 Å². The highest BCUT2D eigenvalue weighted by atomic mass is 127. The molecule has 0 bridgehead atoms. The maximum absolute atomic E-state index is 12.9. The first-order valence-corrected chi connectivity index (χ1v) is 9.66. The first-order valence-electron chi connectivity index (χ1n) is 9.66. The van der Waals surface area contributed by atoms with Gasteiger partial charge >= 0.3 is 0 Å². The molecule has 1 heterocycles. The molecule has 9 heteroatoms. The lowest BCUT2D eigenvalue weighted by Gasteiger charge is -2.20. The molecule has 1 atom stereocenters. The van der Waals surface area contributed by atoms with Crippen molar-refractivity contribution < 1.29 is 14.0 Å². The van der Waals surface area contributed by atoms with Gasteiger partial charge in [0, 0.05) is 45.2 Å². The van der Waals surface area contributed by atoms with Gasteiger partial charge in [-0.2, -0.15) is 0 Å². The summed E-state index contributed by atoms with van der Waals surface area (Å²) in [5, 5.41) is 9.30. The number of benzene rings is 1. The fourth-order valence-corrected chi connectivity index (χ4v) is 3.06. The molecule has 1 saturated heterocycles. The van der Waals surface area contributed by atoms with E-state index in [0.717, 1.165) is 18.5 Å². The summed E-state index contributed by atoms with van der Waals surface area (Å²) in [4.78, 5) is 30.1. The van der Waals surface area contributed by atoms with Crippen LogP contribution in [0.25, 0.3) is 0 Å². The van der Waals surface area contributed by atoms with Crippen LogP contribution in [0, 0.1) is 11.7 Å². The quantitative estimate of drug-likeness (QED) is 0.221. The number of nitrogens with zero attached hydrogens (tertiary/aromatic N) is 2. The highest BCUT2D eigenvalue weighted by molar-refractivity contribution is 14.0. The highest BCUT2D eigenvalue weighted by Gasteiger charge is 2.27. The van der Waals surface area contributed by atoms with Crippen molar-refractivity contribution in [1.82, 2.24) is 20.9 Å². The maximum atomic E-state index is 12.9. The van der Waals surface area contributed by atoms with Gasteiger partial charge < -0.3 is 20.9 Å². The van der Waals surface area contributed by atoms with Crippen molar-refractivity contribution >= 4 is 41.8 Å². The number of carbonyl (C=O) groups excluding carboxylic acids is 2. The molecule has 0 aliphatic carbocycles. The van der Waals surface area contributed by atoms with Crippen LogP contribution in [0.3, 0.4) is 0 Å². The van der Waals surface area contributed by atoms with E-state index in [4.69, 9.17) is 0 Å². The Morgan fingerprint density at radius 1 is 1.21 bits per heavy atom. The molecular weight excluding hydrogens is 488 g/mol. The topological polar surface area (TPSA) is 85.8 Å². The molecule has 1 aliphatic heterocycles. The van der Waals surface area contributed by atoms with Crippen molar-refractivity contribution in [2.24, 2.45) is 10.9 Å². The molecule has 1 aromatic carbocycles. The van der Waals surface area contributed by atoms with E-state index >= 15 is 0 Å². The molecule has 0 radical (unpaired) electrons. The fraction of sp³-hybridized carbons (Fsp3) is 0.550. The predicted octanol–water partition coefficient (Wildman–Crippen LogP) is 1.52. The van der Waals surface area contributed by atoms with Gasteiger partial charge in [-0.25, -0.2) is 4.39 Å². The zero-order chi connectivity index (χ0) is 20.5. The second-order valence-corrected chi connectivity index (χ2v) is 7.22. The van der Waals surface area contributed by atoms with Crippen molar-refractivity contribution in [2.45, 2.75) is 32.7 Å². The van der Waals surface area contributed by atoms with E-state index in [9.17, 15) is 14.0 Å². The maximum Gasteiger partial charge on any atom is 0.225 e. The van der Waals surface area contributed by atoms with E-state index in [0.29, 0.717) is 25.6 Å². The van der Waals surface area contributed by atoms with Gasteiger partial charge in [0.2, 0.25) is 11.8 Å². The molecule has 7 nitrogen and oxygen atoms in total. The molecule has 2 amide bonds. The van der Waals surface area contributed by atoms with Gasteiger partial charge in [0.1, 0.15) is 5.82 Å². The number of amides is 2. The van der Waals surface area contributed by atoms with Crippen LogP contribution < -0.4 is 16.0 Å². The molecule has 2 rings (SSSR count). The van der Waals surface area contributed by atoms with Crippen LogP contribution in [0.15, 0.2) is 29.3 Å². The van der Waals surface area contributed by atoms with Crippen LogP contribution in [-0.2, 0) is 16.0 Å². The Hall–Kier alpha value is -1.91. The van der Waals surface area contributed by atoms with Crippen LogP contribution in [0.4, 0.5) is 4.39 Å². The predicted molar refractivity (Wildman–Crippen MR) is 123 cm³/mol. The Morgan fingerprint density at radius 3 is 2.48 bits per heavy atom. The smallest absolute Gasteiger partial charge is 0.225 e. The van der Waals surface area contributed by atoms with Crippen molar-refractivity contribution in [1.29, 1.82) is 0 Å². The van der Waals surface area contributed by atoms with Gasteiger partial charge in [-0.05, 0) is 24.1 Å². The van der Waals surface area contributed by atoms with E-state index in [-0.39, 0.29) is 60.0 Å². The molecule has 1 unspecified atom stereocenters. The zero-order valence-electron chi connectivity index (χ0n) is 17.2.